The van der Waals surface area contributed by atoms with E-state index in [4.69, 9.17) is 0 Å². The monoisotopic (exact) mass is 221 g/mol. The van der Waals surface area contributed by atoms with Gasteiger partial charge in [0.25, 0.3) is 0 Å². The van der Waals surface area contributed by atoms with Crippen molar-refractivity contribution in [3.05, 3.63) is 25.0 Å². The van der Waals surface area contributed by atoms with Crippen LogP contribution in [-0.4, -0.2) is 16.1 Å². The van der Waals surface area contributed by atoms with Gasteiger partial charge in [0, 0.05) is 25.5 Å². The van der Waals surface area contributed by atoms with Crippen molar-refractivity contribution in [3.8, 4) is 0 Å². The van der Waals surface area contributed by atoms with Gasteiger partial charge in [0.15, 0.2) is 0 Å². The fourth-order valence-electron chi connectivity index (χ4n) is 1.36. The molecule has 0 aliphatic carbocycles. The Morgan fingerprint density at radius 1 is 1.56 bits per heavy atom. The van der Waals surface area contributed by atoms with Gasteiger partial charge in [-0.2, -0.15) is 0 Å². The normalized spacial score (nSPS) is 13.5. The maximum Gasteiger partial charge on any atom is 0.203 e. The molecule has 0 amide bonds. The maximum atomic E-state index is 4.29. The molecule has 3 nitrogen and oxygen atoms in total. The van der Waals surface area contributed by atoms with Crippen LogP contribution in [0, 0.1) is 11.3 Å². The van der Waals surface area contributed by atoms with Crippen molar-refractivity contribution in [2.24, 2.45) is 11.3 Å². The molecule has 1 atom stereocenters. The predicted octanol–water partition coefficient (Wildman–Crippen LogP) is 3.16. The highest BCUT2D eigenvalue weighted by molar-refractivity contribution is 5.26. The number of hydrogen-bond donors (Lipinski definition) is 1. The molecule has 3 heteroatoms. The molecule has 0 bridgehead atoms. The highest BCUT2D eigenvalue weighted by Gasteiger charge is 2.20. The molecule has 0 spiro atoms. The standard InChI is InChI=1S/C13H23N3/c1-6-7-14-12-15-8-9-16(12)10-11(2)13(3,4)5/h6,8-9,11H,1,7,10H2,2-5H3,(H,14,15). The molecule has 90 valence electrons. The zero-order valence-electron chi connectivity index (χ0n) is 10.8. The first-order valence-corrected chi connectivity index (χ1v) is 5.81. The zero-order valence-corrected chi connectivity index (χ0v) is 10.8. The fourth-order valence-corrected chi connectivity index (χ4v) is 1.36. The number of nitrogens with one attached hydrogen (secondary N) is 1. The van der Waals surface area contributed by atoms with Gasteiger partial charge in [0.1, 0.15) is 0 Å². The van der Waals surface area contributed by atoms with Gasteiger partial charge >= 0.3 is 0 Å². The summed E-state index contributed by atoms with van der Waals surface area (Å²) in [6.07, 6.45) is 5.70. The fraction of sp³-hybridized carbons (Fsp3) is 0.615. The average molecular weight is 221 g/mol. The summed E-state index contributed by atoms with van der Waals surface area (Å²) < 4.78 is 2.17. The van der Waals surface area contributed by atoms with Crippen LogP contribution in [0.2, 0.25) is 0 Å². The van der Waals surface area contributed by atoms with Crippen molar-refractivity contribution in [1.82, 2.24) is 9.55 Å². The summed E-state index contributed by atoms with van der Waals surface area (Å²) in [7, 11) is 0. The summed E-state index contributed by atoms with van der Waals surface area (Å²) in [5.74, 6) is 1.53. The molecule has 0 saturated carbocycles. The van der Waals surface area contributed by atoms with Crippen molar-refractivity contribution in [1.29, 1.82) is 0 Å². The van der Waals surface area contributed by atoms with E-state index in [0.29, 0.717) is 11.3 Å². The number of nitrogens with zero attached hydrogens (tertiary/aromatic N) is 2. The Morgan fingerprint density at radius 2 is 2.25 bits per heavy atom. The van der Waals surface area contributed by atoms with Gasteiger partial charge in [-0.15, -0.1) is 6.58 Å². The Morgan fingerprint density at radius 3 is 2.81 bits per heavy atom. The van der Waals surface area contributed by atoms with Crippen LogP contribution in [0.5, 0.6) is 0 Å². The second-order valence-corrected chi connectivity index (χ2v) is 5.34. The lowest BCUT2D eigenvalue weighted by Gasteiger charge is -2.28. The second kappa shape index (κ2) is 5.19. The van der Waals surface area contributed by atoms with E-state index in [1.54, 1.807) is 0 Å². The van der Waals surface area contributed by atoms with Gasteiger partial charge in [0.05, 0.1) is 0 Å². The molecule has 0 radical (unpaired) electrons. The van der Waals surface area contributed by atoms with Crippen molar-refractivity contribution >= 4 is 5.95 Å². The third-order valence-corrected chi connectivity index (χ3v) is 3.07. The number of aromatic nitrogens is 2. The quantitative estimate of drug-likeness (QED) is 0.774. The van der Waals surface area contributed by atoms with Gasteiger partial charge in [0.2, 0.25) is 5.95 Å². The Balaban J connectivity index is 2.66. The van der Waals surface area contributed by atoms with Gasteiger partial charge in [-0.05, 0) is 11.3 Å². The molecular formula is C13H23N3. The summed E-state index contributed by atoms with van der Waals surface area (Å²) >= 11 is 0. The summed E-state index contributed by atoms with van der Waals surface area (Å²) in [6, 6.07) is 0. The molecule has 0 aliphatic heterocycles. The van der Waals surface area contributed by atoms with Crippen molar-refractivity contribution in [2.45, 2.75) is 34.2 Å². The Bertz CT molecular complexity index is 333. The average Bonchev–Trinajstić information content (AvgIpc) is 2.61. The molecule has 0 aliphatic rings. The lowest BCUT2D eigenvalue weighted by atomic mass is 9.82. The minimum absolute atomic E-state index is 0.319. The van der Waals surface area contributed by atoms with Crippen LogP contribution in [0.4, 0.5) is 5.95 Å². The van der Waals surface area contributed by atoms with Crippen molar-refractivity contribution in [2.75, 3.05) is 11.9 Å². The van der Waals surface area contributed by atoms with Crippen LogP contribution in [0.15, 0.2) is 25.0 Å². The van der Waals surface area contributed by atoms with Crippen LogP contribution >= 0.6 is 0 Å². The Labute approximate surface area is 98.6 Å². The van der Waals surface area contributed by atoms with E-state index in [2.05, 4.69) is 49.1 Å². The van der Waals surface area contributed by atoms with E-state index in [1.807, 2.05) is 18.5 Å². The SMILES string of the molecule is C=CCNc1nccn1CC(C)C(C)(C)C. The van der Waals surface area contributed by atoms with E-state index in [1.165, 1.54) is 0 Å². The molecule has 1 rings (SSSR count). The number of rotatable bonds is 5. The minimum Gasteiger partial charge on any atom is -0.352 e. The predicted molar refractivity (Wildman–Crippen MR) is 69.5 cm³/mol. The zero-order chi connectivity index (χ0) is 12.2. The lowest BCUT2D eigenvalue weighted by Crippen LogP contribution is -2.23. The molecule has 16 heavy (non-hydrogen) atoms. The highest BCUT2D eigenvalue weighted by atomic mass is 15.2. The van der Waals surface area contributed by atoms with Gasteiger partial charge in [-0.1, -0.05) is 33.8 Å². The van der Waals surface area contributed by atoms with E-state index >= 15 is 0 Å². The molecule has 1 aromatic heterocycles. The Hall–Kier alpha value is -1.25. The van der Waals surface area contributed by atoms with Crippen molar-refractivity contribution < 1.29 is 0 Å². The molecule has 1 unspecified atom stereocenters. The number of anilines is 1. The van der Waals surface area contributed by atoms with E-state index in [0.717, 1.165) is 19.0 Å². The van der Waals surface area contributed by atoms with Crippen LogP contribution in [0.1, 0.15) is 27.7 Å². The largest absolute Gasteiger partial charge is 0.352 e. The first-order chi connectivity index (χ1) is 7.45. The van der Waals surface area contributed by atoms with Crippen LogP contribution in [-0.2, 0) is 6.54 Å². The highest BCUT2D eigenvalue weighted by Crippen LogP contribution is 2.27. The van der Waals surface area contributed by atoms with E-state index in [-0.39, 0.29) is 0 Å². The Kier molecular flexibility index (Phi) is 4.16. The first kappa shape index (κ1) is 12.8. The van der Waals surface area contributed by atoms with Crippen LogP contribution in [0.3, 0.4) is 0 Å². The third kappa shape index (κ3) is 3.40. The number of imidazole rings is 1. The molecule has 1 aromatic rings. The minimum atomic E-state index is 0.319. The molecule has 0 fully saturated rings. The molecule has 1 N–H and O–H groups in total. The second-order valence-electron chi connectivity index (χ2n) is 5.34. The van der Waals surface area contributed by atoms with Gasteiger partial charge in [-0.3, -0.25) is 0 Å². The summed E-state index contributed by atoms with van der Waals surface area (Å²) in [6.45, 7) is 14.5. The topological polar surface area (TPSA) is 29.9 Å². The van der Waals surface area contributed by atoms with Crippen LogP contribution < -0.4 is 5.32 Å². The third-order valence-electron chi connectivity index (χ3n) is 3.07. The summed E-state index contributed by atoms with van der Waals surface area (Å²) in [5, 5.41) is 3.23. The van der Waals surface area contributed by atoms with Gasteiger partial charge < -0.3 is 9.88 Å². The van der Waals surface area contributed by atoms with Crippen LogP contribution in [0.25, 0.3) is 0 Å². The van der Waals surface area contributed by atoms with Crippen molar-refractivity contribution in [3.63, 3.8) is 0 Å². The van der Waals surface area contributed by atoms with Gasteiger partial charge in [-0.25, -0.2) is 4.98 Å². The summed E-state index contributed by atoms with van der Waals surface area (Å²) in [5.41, 5.74) is 0.319. The first-order valence-electron chi connectivity index (χ1n) is 5.81. The van der Waals surface area contributed by atoms with E-state index < -0.39 is 0 Å². The smallest absolute Gasteiger partial charge is 0.203 e. The summed E-state index contributed by atoms with van der Waals surface area (Å²) in [4.78, 5) is 4.29. The molecular weight excluding hydrogens is 198 g/mol. The van der Waals surface area contributed by atoms with E-state index in [9.17, 15) is 0 Å². The molecule has 1 heterocycles. The molecule has 0 saturated heterocycles. The molecule has 0 aromatic carbocycles. The maximum absolute atomic E-state index is 4.29. The lowest BCUT2D eigenvalue weighted by molar-refractivity contribution is 0.233. The number of hydrogen-bond acceptors (Lipinski definition) is 2.